The Kier molecular flexibility index (Phi) is 5.01. The fourth-order valence-corrected chi connectivity index (χ4v) is 2.30. The molecule has 4 heteroatoms. The van der Waals surface area contributed by atoms with E-state index in [1.807, 2.05) is 0 Å². The van der Waals surface area contributed by atoms with E-state index in [-0.39, 0.29) is 5.54 Å². The minimum Gasteiger partial charge on any atom is -0.377 e. The third kappa shape index (κ3) is 3.90. The van der Waals surface area contributed by atoms with Crippen LogP contribution < -0.4 is 11.1 Å². The summed E-state index contributed by atoms with van der Waals surface area (Å²) in [6, 6.07) is 7.37. The van der Waals surface area contributed by atoms with Crippen molar-refractivity contribution in [2.75, 3.05) is 11.9 Å². The molecule has 0 spiro atoms. The average molecular weight is 266 g/mol. The molecule has 98 valence electrons. The van der Waals surface area contributed by atoms with Gasteiger partial charge in [0.2, 0.25) is 0 Å². The number of hydrogen-bond acceptors (Lipinski definition) is 3. The Balaban J connectivity index is 3.01. The van der Waals surface area contributed by atoms with Crippen LogP contribution in [0.3, 0.4) is 0 Å². The first-order valence-electron chi connectivity index (χ1n) is 6.08. The Morgan fingerprint density at radius 3 is 2.67 bits per heavy atom. The Bertz CT molecular complexity index is 451. The number of hydrogen-bond donors (Lipinski definition) is 2. The number of halogens is 1. The lowest BCUT2D eigenvalue weighted by molar-refractivity contribution is 0.407. The maximum atomic E-state index is 9.10. The van der Waals surface area contributed by atoms with Crippen LogP contribution in [0.5, 0.6) is 0 Å². The molecule has 0 radical (unpaired) electrons. The minimum absolute atomic E-state index is 0.232. The summed E-state index contributed by atoms with van der Waals surface area (Å²) in [4.78, 5) is 0. The van der Waals surface area contributed by atoms with Gasteiger partial charge in [-0.2, -0.15) is 5.26 Å². The number of rotatable bonds is 5. The lowest BCUT2D eigenvalue weighted by atomic mass is 9.90. The highest BCUT2D eigenvalue weighted by Gasteiger charge is 2.24. The van der Waals surface area contributed by atoms with Crippen LogP contribution in [0.15, 0.2) is 18.2 Å². The third-order valence-electron chi connectivity index (χ3n) is 2.85. The summed E-state index contributed by atoms with van der Waals surface area (Å²) in [7, 11) is 0. The Morgan fingerprint density at radius 1 is 1.50 bits per heavy atom. The Hall–Kier alpha value is -1.24. The molecule has 0 saturated heterocycles. The van der Waals surface area contributed by atoms with Crippen molar-refractivity contribution in [2.45, 2.75) is 32.7 Å². The number of anilines is 1. The second-order valence-electron chi connectivity index (χ2n) is 5.29. The summed E-state index contributed by atoms with van der Waals surface area (Å²) >= 11 is 5.97. The maximum Gasteiger partial charge on any atom is 0.101 e. The Morgan fingerprint density at radius 2 is 2.17 bits per heavy atom. The molecule has 0 saturated carbocycles. The summed E-state index contributed by atoms with van der Waals surface area (Å²) in [5.74, 6) is 0.524. The van der Waals surface area contributed by atoms with Crippen molar-refractivity contribution in [1.82, 2.24) is 0 Å². The quantitative estimate of drug-likeness (QED) is 0.858. The first-order chi connectivity index (χ1) is 8.40. The molecule has 0 heterocycles. The van der Waals surface area contributed by atoms with E-state index in [1.54, 1.807) is 18.2 Å². The molecule has 1 unspecified atom stereocenters. The van der Waals surface area contributed by atoms with Crippen molar-refractivity contribution < 1.29 is 0 Å². The predicted octanol–water partition coefficient (Wildman–Crippen LogP) is 3.39. The first-order valence-corrected chi connectivity index (χ1v) is 6.46. The number of nitrogens with two attached hydrogens (primary N) is 1. The second kappa shape index (κ2) is 6.08. The zero-order valence-corrected chi connectivity index (χ0v) is 11.9. The summed E-state index contributed by atoms with van der Waals surface area (Å²) in [6.07, 6.45) is 0.931. The van der Waals surface area contributed by atoms with Crippen molar-refractivity contribution in [3.63, 3.8) is 0 Å². The van der Waals surface area contributed by atoms with Gasteiger partial charge in [0.05, 0.1) is 11.3 Å². The number of nitrogens with zero attached hydrogens (tertiary/aromatic N) is 1. The predicted molar refractivity (Wildman–Crippen MR) is 76.7 cm³/mol. The molecule has 3 N–H and O–H groups in total. The molecule has 1 rings (SSSR count). The highest BCUT2D eigenvalue weighted by atomic mass is 35.5. The number of benzene rings is 1. The standard InChI is InChI=1S/C14H20ClN3/c1-10(2)7-14(3,9-17)18-13-6-12(15)5-4-11(13)8-16/h4-6,10,18H,7,9,17H2,1-3H3. The fourth-order valence-electron chi connectivity index (χ4n) is 2.13. The van der Waals surface area contributed by atoms with Crippen LogP contribution in [0.25, 0.3) is 0 Å². The van der Waals surface area contributed by atoms with Crippen LogP contribution in [-0.4, -0.2) is 12.1 Å². The van der Waals surface area contributed by atoms with Crippen LogP contribution in [-0.2, 0) is 0 Å². The average Bonchev–Trinajstić information content (AvgIpc) is 2.28. The van der Waals surface area contributed by atoms with Crippen LogP contribution >= 0.6 is 11.6 Å². The molecular formula is C14H20ClN3. The van der Waals surface area contributed by atoms with Gasteiger partial charge in [-0.15, -0.1) is 0 Å². The van der Waals surface area contributed by atoms with Gasteiger partial charge in [0.25, 0.3) is 0 Å². The molecule has 0 bridgehead atoms. The van der Waals surface area contributed by atoms with E-state index in [2.05, 4.69) is 32.2 Å². The number of nitriles is 1. The topological polar surface area (TPSA) is 61.8 Å². The van der Waals surface area contributed by atoms with Gasteiger partial charge in [0.1, 0.15) is 6.07 Å². The highest BCUT2D eigenvalue weighted by Crippen LogP contribution is 2.26. The molecule has 0 aliphatic carbocycles. The molecule has 0 fully saturated rings. The van der Waals surface area contributed by atoms with Gasteiger partial charge >= 0.3 is 0 Å². The van der Waals surface area contributed by atoms with E-state index in [0.29, 0.717) is 23.0 Å². The molecule has 0 aromatic heterocycles. The van der Waals surface area contributed by atoms with E-state index in [4.69, 9.17) is 22.6 Å². The maximum absolute atomic E-state index is 9.10. The normalized spacial score (nSPS) is 14.1. The van der Waals surface area contributed by atoms with Crippen LogP contribution in [0.2, 0.25) is 5.02 Å². The van der Waals surface area contributed by atoms with Gasteiger partial charge in [0, 0.05) is 17.1 Å². The van der Waals surface area contributed by atoms with Gasteiger partial charge in [-0.3, -0.25) is 0 Å². The summed E-state index contributed by atoms with van der Waals surface area (Å²) in [5, 5.41) is 13.1. The van der Waals surface area contributed by atoms with E-state index in [0.717, 1.165) is 12.1 Å². The minimum atomic E-state index is -0.232. The lowest BCUT2D eigenvalue weighted by Crippen LogP contribution is -2.43. The van der Waals surface area contributed by atoms with Crippen LogP contribution in [0.4, 0.5) is 5.69 Å². The van der Waals surface area contributed by atoms with Crippen molar-refractivity contribution in [1.29, 1.82) is 5.26 Å². The SMILES string of the molecule is CC(C)CC(C)(CN)Nc1cc(Cl)ccc1C#N. The lowest BCUT2D eigenvalue weighted by Gasteiger charge is -2.32. The van der Waals surface area contributed by atoms with Gasteiger partial charge in [-0.25, -0.2) is 0 Å². The fraction of sp³-hybridized carbons (Fsp3) is 0.500. The molecule has 1 aromatic rings. The van der Waals surface area contributed by atoms with Gasteiger partial charge in [0.15, 0.2) is 0 Å². The smallest absolute Gasteiger partial charge is 0.101 e. The molecule has 0 amide bonds. The van der Waals surface area contributed by atoms with Crippen molar-refractivity contribution in [2.24, 2.45) is 11.7 Å². The molecule has 3 nitrogen and oxygen atoms in total. The van der Waals surface area contributed by atoms with E-state index in [1.165, 1.54) is 0 Å². The summed E-state index contributed by atoms with van der Waals surface area (Å²) in [6.45, 7) is 6.87. The molecule has 18 heavy (non-hydrogen) atoms. The largest absolute Gasteiger partial charge is 0.377 e. The van der Waals surface area contributed by atoms with Gasteiger partial charge in [-0.1, -0.05) is 25.4 Å². The number of nitrogens with one attached hydrogen (secondary N) is 1. The van der Waals surface area contributed by atoms with E-state index < -0.39 is 0 Å². The summed E-state index contributed by atoms with van der Waals surface area (Å²) in [5.41, 5.74) is 6.96. The highest BCUT2D eigenvalue weighted by molar-refractivity contribution is 6.30. The van der Waals surface area contributed by atoms with E-state index >= 15 is 0 Å². The van der Waals surface area contributed by atoms with Gasteiger partial charge in [-0.05, 0) is 37.5 Å². The van der Waals surface area contributed by atoms with Crippen LogP contribution in [0, 0.1) is 17.2 Å². The molecule has 0 aliphatic heterocycles. The molecule has 0 aliphatic rings. The second-order valence-corrected chi connectivity index (χ2v) is 5.73. The first kappa shape index (κ1) is 14.8. The molecule has 1 aromatic carbocycles. The molecular weight excluding hydrogens is 246 g/mol. The zero-order valence-electron chi connectivity index (χ0n) is 11.1. The monoisotopic (exact) mass is 265 g/mol. The summed E-state index contributed by atoms with van der Waals surface area (Å²) < 4.78 is 0. The van der Waals surface area contributed by atoms with Gasteiger partial charge < -0.3 is 11.1 Å². The zero-order chi connectivity index (χ0) is 13.8. The van der Waals surface area contributed by atoms with Crippen molar-refractivity contribution in [3.8, 4) is 6.07 Å². The molecule has 1 atom stereocenters. The van der Waals surface area contributed by atoms with Crippen molar-refractivity contribution in [3.05, 3.63) is 28.8 Å². The Labute approximate surface area is 114 Å². The van der Waals surface area contributed by atoms with Crippen molar-refractivity contribution >= 4 is 17.3 Å². The van der Waals surface area contributed by atoms with E-state index in [9.17, 15) is 0 Å². The van der Waals surface area contributed by atoms with Crippen LogP contribution in [0.1, 0.15) is 32.8 Å². The third-order valence-corrected chi connectivity index (χ3v) is 3.08.